The number of carbonyl (C=O) groups is 1. The standard InChI is InChI=1S/C16H25N3O2/c1-12-4-3-5-14(10-17)19(12)11-16(20)18-13-6-8-15(21-2)9-7-13/h6-9,12,14H,3-5,10-11,17H2,1-2H3,(H,18,20). The number of hydrogen-bond acceptors (Lipinski definition) is 4. The summed E-state index contributed by atoms with van der Waals surface area (Å²) in [5.74, 6) is 0.785. The van der Waals surface area contributed by atoms with Gasteiger partial charge in [-0.1, -0.05) is 6.42 Å². The summed E-state index contributed by atoms with van der Waals surface area (Å²) in [5, 5.41) is 2.93. The average Bonchev–Trinajstić information content (AvgIpc) is 2.50. The van der Waals surface area contributed by atoms with Gasteiger partial charge in [-0.3, -0.25) is 9.69 Å². The Morgan fingerprint density at radius 2 is 2.10 bits per heavy atom. The fourth-order valence-corrected chi connectivity index (χ4v) is 2.92. The molecule has 0 bridgehead atoms. The fourth-order valence-electron chi connectivity index (χ4n) is 2.92. The lowest BCUT2D eigenvalue weighted by Crippen LogP contribution is -2.51. The maximum Gasteiger partial charge on any atom is 0.238 e. The van der Waals surface area contributed by atoms with Crippen LogP contribution in [0.3, 0.4) is 0 Å². The van der Waals surface area contributed by atoms with E-state index in [-0.39, 0.29) is 5.91 Å². The van der Waals surface area contributed by atoms with Gasteiger partial charge in [-0.05, 0) is 44.0 Å². The van der Waals surface area contributed by atoms with E-state index in [0.29, 0.717) is 25.2 Å². The number of nitrogens with two attached hydrogens (primary N) is 1. The number of rotatable bonds is 5. The molecule has 2 atom stereocenters. The molecule has 0 spiro atoms. The van der Waals surface area contributed by atoms with E-state index in [1.807, 2.05) is 24.3 Å². The molecule has 5 heteroatoms. The van der Waals surface area contributed by atoms with Gasteiger partial charge in [-0.25, -0.2) is 0 Å². The molecule has 1 amide bonds. The van der Waals surface area contributed by atoms with Crippen LogP contribution in [-0.2, 0) is 4.79 Å². The number of likely N-dealkylation sites (tertiary alicyclic amines) is 1. The molecule has 1 aliphatic heterocycles. The second-order valence-electron chi connectivity index (χ2n) is 5.62. The molecular formula is C16H25N3O2. The Balaban J connectivity index is 1.93. The fraction of sp³-hybridized carbons (Fsp3) is 0.562. The second kappa shape index (κ2) is 7.43. The first-order valence-electron chi connectivity index (χ1n) is 7.53. The van der Waals surface area contributed by atoms with E-state index in [1.165, 1.54) is 6.42 Å². The van der Waals surface area contributed by atoms with Crippen LogP contribution < -0.4 is 15.8 Å². The lowest BCUT2D eigenvalue weighted by atomic mass is 9.96. The maximum atomic E-state index is 12.2. The Bertz CT molecular complexity index is 461. The van der Waals surface area contributed by atoms with Gasteiger partial charge in [-0.2, -0.15) is 0 Å². The highest BCUT2D eigenvalue weighted by molar-refractivity contribution is 5.92. The van der Waals surface area contributed by atoms with Gasteiger partial charge in [0.05, 0.1) is 13.7 Å². The van der Waals surface area contributed by atoms with Crippen molar-refractivity contribution in [2.75, 3.05) is 25.5 Å². The number of piperidine rings is 1. The number of hydrogen-bond donors (Lipinski definition) is 2. The number of carbonyl (C=O) groups excluding carboxylic acids is 1. The summed E-state index contributed by atoms with van der Waals surface area (Å²) in [6.45, 7) is 3.18. The average molecular weight is 291 g/mol. The van der Waals surface area contributed by atoms with E-state index in [4.69, 9.17) is 10.5 Å². The highest BCUT2D eigenvalue weighted by Gasteiger charge is 2.28. The van der Waals surface area contributed by atoms with Crippen molar-refractivity contribution in [2.45, 2.75) is 38.3 Å². The number of nitrogens with one attached hydrogen (secondary N) is 1. The van der Waals surface area contributed by atoms with Crippen molar-refractivity contribution in [3.05, 3.63) is 24.3 Å². The van der Waals surface area contributed by atoms with Gasteiger partial charge in [0.2, 0.25) is 5.91 Å². The molecule has 1 aliphatic rings. The summed E-state index contributed by atoms with van der Waals surface area (Å²) in [5.41, 5.74) is 6.62. The van der Waals surface area contributed by atoms with Crippen LogP contribution in [0.1, 0.15) is 26.2 Å². The Morgan fingerprint density at radius 3 is 2.71 bits per heavy atom. The third kappa shape index (κ3) is 4.19. The van der Waals surface area contributed by atoms with Crippen molar-refractivity contribution in [3.8, 4) is 5.75 Å². The number of benzene rings is 1. The first-order valence-corrected chi connectivity index (χ1v) is 7.53. The third-order valence-corrected chi connectivity index (χ3v) is 4.17. The molecule has 5 nitrogen and oxygen atoms in total. The predicted octanol–water partition coefficient (Wildman–Crippen LogP) is 1.84. The predicted molar refractivity (Wildman–Crippen MR) is 84.5 cm³/mol. The summed E-state index contributed by atoms with van der Waals surface area (Å²) >= 11 is 0. The van der Waals surface area contributed by atoms with E-state index in [9.17, 15) is 4.79 Å². The minimum Gasteiger partial charge on any atom is -0.497 e. The Labute approximate surface area is 126 Å². The number of ether oxygens (including phenoxy) is 1. The largest absolute Gasteiger partial charge is 0.497 e. The zero-order valence-corrected chi connectivity index (χ0v) is 12.8. The van der Waals surface area contributed by atoms with Gasteiger partial charge in [-0.15, -0.1) is 0 Å². The normalized spacial score (nSPS) is 22.8. The van der Waals surface area contributed by atoms with Gasteiger partial charge in [0.1, 0.15) is 5.75 Å². The smallest absolute Gasteiger partial charge is 0.238 e. The first kappa shape index (κ1) is 15.8. The van der Waals surface area contributed by atoms with Crippen LogP contribution in [0.4, 0.5) is 5.69 Å². The summed E-state index contributed by atoms with van der Waals surface area (Å²) in [4.78, 5) is 14.4. The SMILES string of the molecule is COc1ccc(NC(=O)CN2C(C)CCCC2CN)cc1. The zero-order valence-electron chi connectivity index (χ0n) is 12.8. The van der Waals surface area contributed by atoms with E-state index >= 15 is 0 Å². The molecule has 0 aliphatic carbocycles. The molecule has 116 valence electrons. The van der Waals surface area contributed by atoms with Crippen molar-refractivity contribution >= 4 is 11.6 Å². The third-order valence-electron chi connectivity index (χ3n) is 4.17. The summed E-state index contributed by atoms with van der Waals surface area (Å²) < 4.78 is 5.10. The van der Waals surface area contributed by atoms with Crippen LogP contribution in [0.5, 0.6) is 5.75 Å². The molecule has 0 radical (unpaired) electrons. The zero-order chi connectivity index (χ0) is 15.2. The maximum absolute atomic E-state index is 12.2. The van der Waals surface area contributed by atoms with Crippen LogP contribution in [0, 0.1) is 0 Å². The molecule has 2 rings (SSSR count). The lowest BCUT2D eigenvalue weighted by molar-refractivity contribution is -0.118. The minimum atomic E-state index is 0.00682. The van der Waals surface area contributed by atoms with Gasteiger partial charge >= 0.3 is 0 Å². The molecule has 1 aromatic carbocycles. The second-order valence-corrected chi connectivity index (χ2v) is 5.62. The monoisotopic (exact) mass is 291 g/mol. The summed E-state index contributed by atoms with van der Waals surface area (Å²) in [6.07, 6.45) is 3.41. The Hall–Kier alpha value is -1.59. The number of methoxy groups -OCH3 is 1. The Kier molecular flexibility index (Phi) is 5.59. The van der Waals surface area contributed by atoms with Crippen LogP contribution in [0.15, 0.2) is 24.3 Å². The van der Waals surface area contributed by atoms with Crippen molar-refractivity contribution in [1.82, 2.24) is 4.90 Å². The molecular weight excluding hydrogens is 266 g/mol. The van der Waals surface area contributed by atoms with E-state index < -0.39 is 0 Å². The Morgan fingerprint density at radius 1 is 1.38 bits per heavy atom. The highest BCUT2D eigenvalue weighted by atomic mass is 16.5. The van der Waals surface area contributed by atoms with Crippen LogP contribution in [0.25, 0.3) is 0 Å². The van der Waals surface area contributed by atoms with Crippen LogP contribution >= 0.6 is 0 Å². The minimum absolute atomic E-state index is 0.00682. The highest BCUT2D eigenvalue weighted by Crippen LogP contribution is 2.22. The van der Waals surface area contributed by atoms with Crippen molar-refractivity contribution < 1.29 is 9.53 Å². The quantitative estimate of drug-likeness (QED) is 0.868. The summed E-state index contributed by atoms with van der Waals surface area (Å²) in [6, 6.07) is 8.08. The van der Waals surface area contributed by atoms with Crippen LogP contribution in [0.2, 0.25) is 0 Å². The van der Waals surface area contributed by atoms with Crippen molar-refractivity contribution in [2.24, 2.45) is 5.73 Å². The van der Waals surface area contributed by atoms with Gasteiger partial charge < -0.3 is 15.8 Å². The number of nitrogens with zero attached hydrogens (tertiary/aromatic N) is 1. The van der Waals surface area contributed by atoms with E-state index in [2.05, 4.69) is 17.1 Å². The molecule has 1 aromatic rings. The van der Waals surface area contributed by atoms with Crippen molar-refractivity contribution in [1.29, 1.82) is 0 Å². The van der Waals surface area contributed by atoms with Gasteiger partial charge in [0.25, 0.3) is 0 Å². The topological polar surface area (TPSA) is 67.6 Å². The number of amides is 1. The molecule has 2 unspecified atom stereocenters. The first-order chi connectivity index (χ1) is 10.1. The molecule has 1 heterocycles. The molecule has 0 saturated carbocycles. The van der Waals surface area contributed by atoms with E-state index in [0.717, 1.165) is 24.3 Å². The van der Waals surface area contributed by atoms with E-state index in [1.54, 1.807) is 7.11 Å². The lowest BCUT2D eigenvalue weighted by Gasteiger charge is -2.39. The van der Waals surface area contributed by atoms with Gasteiger partial charge in [0.15, 0.2) is 0 Å². The molecule has 1 fully saturated rings. The molecule has 0 aromatic heterocycles. The number of anilines is 1. The molecule has 1 saturated heterocycles. The molecule has 21 heavy (non-hydrogen) atoms. The summed E-state index contributed by atoms with van der Waals surface area (Å²) in [7, 11) is 1.62. The molecule has 3 N–H and O–H groups in total. The van der Waals surface area contributed by atoms with Crippen LogP contribution in [-0.4, -0.2) is 43.1 Å². The van der Waals surface area contributed by atoms with Gasteiger partial charge in [0, 0.05) is 24.3 Å². The van der Waals surface area contributed by atoms with Crippen molar-refractivity contribution in [3.63, 3.8) is 0 Å².